The Kier molecular flexibility index (Phi) is 5.25. The summed E-state index contributed by atoms with van der Waals surface area (Å²) in [6.07, 6.45) is 1.72. The molecular weight excluding hydrogens is 340 g/mol. The van der Waals surface area contributed by atoms with Crippen molar-refractivity contribution in [2.45, 2.75) is 0 Å². The molecule has 3 amide bonds. The van der Waals surface area contributed by atoms with Crippen LogP contribution in [0, 0.1) is 0 Å². The summed E-state index contributed by atoms with van der Waals surface area (Å²) in [6.45, 7) is 0.226. The molecule has 25 heavy (non-hydrogen) atoms. The van der Waals surface area contributed by atoms with E-state index in [4.69, 9.17) is 4.74 Å². The lowest BCUT2D eigenvalue weighted by Crippen LogP contribution is -2.37. The zero-order valence-electron chi connectivity index (χ0n) is 13.3. The molecule has 3 rings (SSSR count). The summed E-state index contributed by atoms with van der Waals surface area (Å²) >= 11 is 1.41. The molecule has 1 N–H and O–H groups in total. The molecule has 1 aromatic heterocycles. The van der Waals surface area contributed by atoms with E-state index >= 15 is 0 Å². The van der Waals surface area contributed by atoms with Gasteiger partial charge in [0.05, 0.1) is 5.57 Å². The zero-order valence-corrected chi connectivity index (χ0v) is 14.1. The van der Waals surface area contributed by atoms with Gasteiger partial charge in [0.2, 0.25) is 0 Å². The second-order valence-electron chi connectivity index (χ2n) is 5.30. The van der Waals surface area contributed by atoms with Crippen LogP contribution in [0.2, 0.25) is 0 Å². The molecule has 1 fully saturated rings. The lowest BCUT2D eigenvalue weighted by Gasteiger charge is -2.12. The molecule has 1 aliphatic rings. The van der Waals surface area contributed by atoms with Gasteiger partial charge in [0.1, 0.15) is 0 Å². The summed E-state index contributed by atoms with van der Waals surface area (Å²) in [4.78, 5) is 37.7. The number of amides is 3. The van der Waals surface area contributed by atoms with Crippen LogP contribution in [0.3, 0.4) is 0 Å². The predicted octanol–water partition coefficient (Wildman–Crippen LogP) is 2.38. The van der Waals surface area contributed by atoms with Crippen LogP contribution in [0.1, 0.15) is 10.4 Å². The quantitative estimate of drug-likeness (QED) is 0.659. The molecule has 0 unspecified atom stereocenters. The Morgan fingerprint density at radius 1 is 1.20 bits per heavy atom. The fourth-order valence-corrected chi connectivity index (χ4v) is 3.10. The third-order valence-corrected chi connectivity index (χ3v) is 4.50. The highest BCUT2D eigenvalue weighted by atomic mass is 32.1. The molecule has 0 bridgehead atoms. The van der Waals surface area contributed by atoms with Gasteiger partial charge in [-0.15, -0.1) is 11.3 Å². The van der Waals surface area contributed by atoms with Gasteiger partial charge in [-0.1, -0.05) is 36.4 Å². The van der Waals surface area contributed by atoms with Crippen molar-refractivity contribution in [3.63, 3.8) is 0 Å². The van der Waals surface area contributed by atoms with E-state index in [1.54, 1.807) is 6.08 Å². The lowest BCUT2D eigenvalue weighted by atomic mass is 10.1. The van der Waals surface area contributed by atoms with Crippen molar-refractivity contribution >= 4 is 40.9 Å². The number of carbonyl (C=O) groups excluding carboxylic acids is 3. The van der Waals surface area contributed by atoms with E-state index in [0.29, 0.717) is 12.1 Å². The van der Waals surface area contributed by atoms with E-state index < -0.39 is 24.5 Å². The first-order chi connectivity index (χ1) is 12.1. The molecule has 128 valence electrons. The first-order valence-electron chi connectivity index (χ1n) is 7.71. The lowest BCUT2D eigenvalue weighted by molar-refractivity contribution is -0.145. The topological polar surface area (TPSA) is 75.7 Å². The number of ether oxygens (including phenoxy) is 1. The average Bonchev–Trinajstić information content (AvgIpc) is 3.30. The molecular formula is C18H16N2O4S. The van der Waals surface area contributed by atoms with E-state index in [1.165, 1.54) is 11.3 Å². The molecule has 0 atom stereocenters. The van der Waals surface area contributed by atoms with E-state index in [2.05, 4.69) is 5.32 Å². The van der Waals surface area contributed by atoms with Crippen molar-refractivity contribution in [3.05, 3.63) is 58.3 Å². The minimum absolute atomic E-state index is 0.285. The fraction of sp³-hybridized carbons (Fsp3) is 0.167. The number of benzene rings is 1. The third kappa shape index (κ3) is 4.13. The van der Waals surface area contributed by atoms with Crippen molar-refractivity contribution in [1.29, 1.82) is 0 Å². The average molecular weight is 356 g/mol. The van der Waals surface area contributed by atoms with Crippen molar-refractivity contribution in [3.8, 4) is 0 Å². The van der Waals surface area contributed by atoms with Crippen LogP contribution in [-0.2, 0) is 14.3 Å². The highest BCUT2D eigenvalue weighted by Gasteiger charge is 2.27. The molecule has 0 saturated carbocycles. The van der Waals surface area contributed by atoms with Gasteiger partial charge in [0.25, 0.3) is 5.91 Å². The number of carbonyl (C=O) groups is 3. The van der Waals surface area contributed by atoms with Crippen molar-refractivity contribution in [1.82, 2.24) is 10.2 Å². The number of rotatable bonds is 5. The van der Waals surface area contributed by atoms with E-state index in [9.17, 15) is 14.4 Å². The number of esters is 1. The Balaban J connectivity index is 1.73. The number of hydrogen-bond acceptors (Lipinski definition) is 5. The highest BCUT2D eigenvalue weighted by molar-refractivity contribution is 7.11. The summed E-state index contributed by atoms with van der Waals surface area (Å²) in [7, 11) is 0. The number of hydrogen-bond donors (Lipinski definition) is 1. The molecule has 1 aromatic carbocycles. The molecule has 7 heteroatoms. The summed E-state index contributed by atoms with van der Waals surface area (Å²) in [5, 5.41) is 4.39. The van der Waals surface area contributed by atoms with Crippen molar-refractivity contribution < 1.29 is 19.1 Å². The molecule has 1 aliphatic heterocycles. The van der Waals surface area contributed by atoms with Gasteiger partial charge in [0, 0.05) is 18.0 Å². The number of urea groups is 1. The van der Waals surface area contributed by atoms with E-state index in [0.717, 1.165) is 15.3 Å². The van der Waals surface area contributed by atoms with Crippen LogP contribution in [0.4, 0.5) is 4.79 Å². The molecule has 0 spiro atoms. The van der Waals surface area contributed by atoms with E-state index in [1.807, 2.05) is 47.8 Å². The predicted molar refractivity (Wildman–Crippen MR) is 94.7 cm³/mol. The first kappa shape index (κ1) is 16.9. The Morgan fingerprint density at radius 3 is 2.64 bits per heavy atom. The van der Waals surface area contributed by atoms with Crippen molar-refractivity contribution in [2.24, 2.45) is 0 Å². The molecule has 1 saturated heterocycles. The summed E-state index contributed by atoms with van der Waals surface area (Å²) in [5.41, 5.74) is 1.23. The van der Waals surface area contributed by atoms with Gasteiger partial charge in [-0.05, 0) is 23.1 Å². The second-order valence-corrected chi connectivity index (χ2v) is 6.25. The van der Waals surface area contributed by atoms with Gasteiger partial charge in [-0.2, -0.15) is 0 Å². The van der Waals surface area contributed by atoms with Gasteiger partial charge in [0.15, 0.2) is 6.61 Å². The first-order valence-corrected chi connectivity index (χ1v) is 8.59. The maximum absolute atomic E-state index is 12.5. The highest BCUT2D eigenvalue weighted by Crippen LogP contribution is 2.24. The van der Waals surface area contributed by atoms with E-state index in [-0.39, 0.29) is 6.54 Å². The van der Waals surface area contributed by atoms with Crippen LogP contribution in [0.15, 0.2) is 47.8 Å². The van der Waals surface area contributed by atoms with Crippen LogP contribution < -0.4 is 5.32 Å². The van der Waals surface area contributed by atoms with Gasteiger partial charge in [-0.3, -0.25) is 9.69 Å². The van der Waals surface area contributed by atoms with Gasteiger partial charge >= 0.3 is 12.0 Å². The van der Waals surface area contributed by atoms with Crippen LogP contribution >= 0.6 is 11.3 Å². The Bertz CT molecular complexity index is 800. The smallest absolute Gasteiger partial charge is 0.340 e. The number of nitrogens with zero attached hydrogens (tertiary/aromatic N) is 1. The van der Waals surface area contributed by atoms with Crippen LogP contribution in [-0.4, -0.2) is 42.5 Å². The molecule has 2 aromatic rings. The molecule has 0 aliphatic carbocycles. The number of imide groups is 1. The van der Waals surface area contributed by atoms with Gasteiger partial charge in [-0.25, -0.2) is 9.59 Å². The Hall–Kier alpha value is -2.93. The second kappa shape index (κ2) is 7.76. The van der Waals surface area contributed by atoms with Crippen molar-refractivity contribution in [2.75, 3.05) is 19.7 Å². The monoisotopic (exact) mass is 356 g/mol. The van der Waals surface area contributed by atoms with Gasteiger partial charge < -0.3 is 10.1 Å². The molecule has 2 heterocycles. The molecule has 6 nitrogen and oxygen atoms in total. The Labute approximate surface area is 148 Å². The molecule has 0 radical (unpaired) electrons. The SMILES string of the molecule is O=C(OCC(=O)N1CCNC1=O)C(=Cc1ccccc1)c1cccs1. The summed E-state index contributed by atoms with van der Waals surface area (Å²) in [5.74, 6) is -1.13. The van der Waals surface area contributed by atoms with Crippen LogP contribution in [0.25, 0.3) is 11.6 Å². The fourth-order valence-electron chi connectivity index (χ4n) is 2.37. The third-order valence-electron chi connectivity index (χ3n) is 3.60. The summed E-state index contributed by atoms with van der Waals surface area (Å²) in [6, 6.07) is 12.6. The maximum atomic E-state index is 12.5. The number of thiophene rings is 1. The van der Waals surface area contributed by atoms with Crippen LogP contribution in [0.5, 0.6) is 0 Å². The zero-order chi connectivity index (χ0) is 17.6. The summed E-state index contributed by atoms with van der Waals surface area (Å²) < 4.78 is 5.15. The maximum Gasteiger partial charge on any atom is 0.340 e. The normalized spacial score (nSPS) is 14.3. The number of nitrogens with one attached hydrogen (secondary N) is 1. The minimum Gasteiger partial charge on any atom is -0.452 e. The standard InChI is InChI=1S/C18H16N2O4S/c21-16(20-9-8-19-18(20)23)12-24-17(22)14(15-7-4-10-25-15)11-13-5-2-1-3-6-13/h1-7,10-11H,8-9,12H2,(H,19,23). The largest absolute Gasteiger partial charge is 0.452 e. The minimum atomic E-state index is -0.598. The Morgan fingerprint density at radius 2 is 2.00 bits per heavy atom.